The van der Waals surface area contributed by atoms with Gasteiger partial charge in [0.25, 0.3) is 0 Å². The Kier molecular flexibility index (Phi) is 6.74. The maximum absolute atomic E-state index is 12.0. The topological polar surface area (TPSA) is 93.5 Å². The van der Waals surface area contributed by atoms with Crippen LogP contribution in [0.25, 0.3) is 6.08 Å². The number of methoxy groups -OCH3 is 1. The SMILES string of the molecule is COc1ccc(NC(=O)/C=C/c2ccccc2)cc1NC(=O)CCN. The van der Waals surface area contributed by atoms with Crippen LogP contribution < -0.4 is 21.1 Å². The minimum atomic E-state index is -0.270. The molecule has 2 aromatic carbocycles. The molecule has 6 nitrogen and oxygen atoms in total. The van der Waals surface area contributed by atoms with E-state index in [2.05, 4.69) is 10.6 Å². The molecule has 2 aromatic rings. The lowest BCUT2D eigenvalue weighted by atomic mass is 10.2. The number of anilines is 2. The average Bonchev–Trinajstić information content (AvgIpc) is 2.61. The van der Waals surface area contributed by atoms with Crippen LogP contribution in [-0.4, -0.2) is 25.5 Å². The summed E-state index contributed by atoms with van der Waals surface area (Å²) in [5.74, 6) is 0.0182. The van der Waals surface area contributed by atoms with Gasteiger partial charge in [0.1, 0.15) is 5.75 Å². The van der Waals surface area contributed by atoms with Gasteiger partial charge < -0.3 is 21.1 Å². The second-order valence-corrected chi connectivity index (χ2v) is 5.24. The normalized spacial score (nSPS) is 10.5. The molecule has 0 aliphatic rings. The zero-order valence-corrected chi connectivity index (χ0v) is 14.0. The van der Waals surface area contributed by atoms with E-state index in [-0.39, 0.29) is 24.8 Å². The summed E-state index contributed by atoms with van der Waals surface area (Å²) in [6, 6.07) is 14.5. The van der Waals surface area contributed by atoms with E-state index in [1.54, 1.807) is 24.3 Å². The fraction of sp³-hybridized carbons (Fsp3) is 0.158. The van der Waals surface area contributed by atoms with Gasteiger partial charge in [-0.25, -0.2) is 0 Å². The molecular formula is C19H21N3O3. The van der Waals surface area contributed by atoms with E-state index < -0.39 is 0 Å². The first-order valence-electron chi connectivity index (χ1n) is 7.84. The van der Waals surface area contributed by atoms with Crippen molar-refractivity contribution >= 4 is 29.3 Å². The molecule has 0 radical (unpaired) electrons. The number of nitrogens with two attached hydrogens (primary N) is 1. The number of amides is 2. The molecule has 6 heteroatoms. The van der Waals surface area contributed by atoms with Gasteiger partial charge in [0, 0.05) is 24.7 Å². The number of nitrogens with one attached hydrogen (secondary N) is 2. The van der Waals surface area contributed by atoms with Crippen molar-refractivity contribution in [2.45, 2.75) is 6.42 Å². The molecule has 0 aliphatic heterocycles. The Labute approximate surface area is 146 Å². The predicted octanol–water partition coefficient (Wildman–Crippen LogP) is 2.63. The van der Waals surface area contributed by atoms with Gasteiger partial charge in [-0.05, 0) is 29.8 Å². The number of carbonyl (C=O) groups is 2. The van der Waals surface area contributed by atoms with Crippen LogP contribution in [0.4, 0.5) is 11.4 Å². The highest BCUT2D eigenvalue weighted by molar-refractivity contribution is 6.02. The second-order valence-electron chi connectivity index (χ2n) is 5.24. The molecule has 0 spiro atoms. The summed E-state index contributed by atoms with van der Waals surface area (Å²) in [4.78, 5) is 23.8. The number of rotatable bonds is 7. The molecule has 0 atom stereocenters. The van der Waals surface area contributed by atoms with Gasteiger partial charge in [0.05, 0.1) is 12.8 Å². The monoisotopic (exact) mass is 339 g/mol. The highest BCUT2D eigenvalue weighted by Gasteiger charge is 2.09. The highest BCUT2D eigenvalue weighted by atomic mass is 16.5. The van der Waals surface area contributed by atoms with E-state index in [0.717, 1.165) is 5.56 Å². The first-order chi connectivity index (χ1) is 12.1. The van der Waals surface area contributed by atoms with Crippen molar-refractivity contribution in [1.29, 1.82) is 0 Å². The quantitative estimate of drug-likeness (QED) is 0.676. The molecule has 0 heterocycles. The zero-order valence-electron chi connectivity index (χ0n) is 14.0. The number of carbonyl (C=O) groups excluding carboxylic acids is 2. The maximum Gasteiger partial charge on any atom is 0.248 e. The van der Waals surface area contributed by atoms with Gasteiger partial charge in [-0.3, -0.25) is 9.59 Å². The largest absolute Gasteiger partial charge is 0.495 e. The fourth-order valence-corrected chi connectivity index (χ4v) is 2.15. The summed E-state index contributed by atoms with van der Waals surface area (Å²) in [5.41, 5.74) is 7.33. The maximum atomic E-state index is 12.0. The molecule has 25 heavy (non-hydrogen) atoms. The summed E-state index contributed by atoms with van der Waals surface area (Å²) in [5, 5.41) is 5.47. The Hall–Kier alpha value is -3.12. The van der Waals surface area contributed by atoms with Gasteiger partial charge in [0.2, 0.25) is 11.8 Å². The lowest BCUT2D eigenvalue weighted by Gasteiger charge is -2.12. The minimum absolute atomic E-state index is 0.208. The number of hydrogen-bond donors (Lipinski definition) is 3. The van der Waals surface area contributed by atoms with Crippen molar-refractivity contribution in [2.24, 2.45) is 5.73 Å². The minimum Gasteiger partial charge on any atom is -0.495 e. The van der Waals surface area contributed by atoms with Crippen molar-refractivity contribution in [3.8, 4) is 5.75 Å². The van der Waals surface area contributed by atoms with Gasteiger partial charge in [-0.1, -0.05) is 30.3 Å². The molecule has 0 bridgehead atoms. The summed E-state index contributed by atoms with van der Waals surface area (Å²) >= 11 is 0. The summed E-state index contributed by atoms with van der Waals surface area (Å²) in [7, 11) is 1.51. The Morgan fingerprint density at radius 3 is 2.56 bits per heavy atom. The van der Waals surface area contributed by atoms with Crippen LogP contribution in [0.2, 0.25) is 0 Å². The van der Waals surface area contributed by atoms with Gasteiger partial charge in [-0.15, -0.1) is 0 Å². The van der Waals surface area contributed by atoms with Crippen LogP contribution in [0.15, 0.2) is 54.6 Å². The summed E-state index contributed by atoms with van der Waals surface area (Å²) in [6.45, 7) is 0.259. The lowest BCUT2D eigenvalue weighted by molar-refractivity contribution is -0.116. The lowest BCUT2D eigenvalue weighted by Crippen LogP contribution is -2.17. The first kappa shape index (κ1) is 18.2. The van der Waals surface area contributed by atoms with E-state index in [4.69, 9.17) is 10.5 Å². The van der Waals surface area contributed by atoms with E-state index in [9.17, 15) is 9.59 Å². The molecule has 0 unspecified atom stereocenters. The van der Waals surface area contributed by atoms with Gasteiger partial charge in [-0.2, -0.15) is 0 Å². The fourth-order valence-electron chi connectivity index (χ4n) is 2.15. The van der Waals surface area contributed by atoms with E-state index in [1.807, 2.05) is 30.3 Å². The molecule has 130 valence electrons. The van der Waals surface area contributed by atoms with Crippen LogP contribution in [0.5, 0.6) is 5.75 Å². The molecule has 0 aromatic heterocycles. The average molecular weight is 339 g/mol. The van der Waals surface area contributed by atoms with Crippen molar-refractivity contribution in [3.05, 3.63) is 60.2 Å². The van der Waals surface area contributed by atoms with Crippen LogP contribution in [0.1, 0.15) is 12.0 Å². The van der Waals surface area contributed by atoms with Crippen LogP contribution in [-0.2, 0) is 9.59 Å². The summed E-state index contributed by atoms with van der Waals surface area (Å²) < 4.78 is 5.22. The Morgan fingerprint density at radius 1 is 1.12 bits per heavy atom. The van der Waals surface area contributed by atoms with Crippen LogP contribution >= 0.6 is 0 Å². The smallest absolute Gasteiger partial charge is 0.248 e. The molecular weight excluding hydrogens is 318 g/mol. The molecule has 0 saturated carbocycles. The van der Waals surface area contributed by atoms with Crippen molar-refractivity contribution < 1.29 is 14.3 Å². The van der Waals surface area contributed by atoms with Crippen molar-refractivity contribution in [1.82, 2.24) is 0 Å². The Bertz CT molecular complexity index is 758. The molecule has 2 rings (SSSR count). The highest BCUT2D eigenvalue weighted by Crippen LogP contribution is 2.28. The second kappa shape index (κ2) is 9.24. The third kappa shape index (κ3) is 5.78. The van der Waals surface area contributed by atoms with E-state index in [1.165, 1.54) is 13.2 Å². The van der Waals surface area contributed by atoms with E-state index in [0.29, 0.717) is 17.1 Å². The summed E-state index contributed by atoms with van der Waals surface area (Å²) in [6.07, 6.45) is 3.38. The molecule has 4 N–H and O–H groups in total. The molecule has 0 saturated heterocycles. The van der Waals surface area contributed by atoms with Crippen LogP contribution in [0, 0.1) is 0 Å². The van der Waals surface area contributed by atoms with Crippen LogP contribution in [0.3, 0.4) is 0 Å². The van der Waals surface area contributed by atoms with Crippen molar-refractivity contribution in [3.63, 3.8) is 0 Å². The number of ether oxygens (including phenoxy) is 1. The third-order valence-electron chi connectivity index (χ3n) is 3.34. The Morgan fingerprint density at radius 2 is 1.88 bits per heavy atom. The standard InChI is InChI=1S/C19H21N3O3/c1-25-17-9-8-15(13-16(17)22-19(24)11-12-20)21-18(23)10-7-14-5-3-2-4-6-14/h2-10,13H,11-12,20H2,1H3,(H,21,23)(H,22,24)/b10-7+. The third-order valence-corrected chi connectivity index (χ3v) is 3.34. The molecule has 2 amide bonds. The van der Waals surface area contributed by atoms with Gasteiger partial charge in [0.15, 0.2) is 0 Å². The van der Waals surface area contributed by atoms with Crippen molar-refractivity contribution in [2.75, 3.05) is 24.3 Å². The van der Waals surface area contributed by atoms with Gasteiger partial charge >= 0.3 is 0 Å². The number of benzene rings is 2. The predicted molar refractivity (Wildman–Crippen MR) is 99.4 cm³/mol. The zero-order chi connectivity index (χ0) is 18.1. The molecule has 0 fully saturated rings. The molecule has 0 aliphatic carbocycles. The number of hydrogen-bond acceptors (Lipinski definition) is 4. The first-order valence-corrected chi connectivity index (χ1v) is 7.84. The Balaban J connectivity index is 2.07. The van der Waals surface area contributed by atoms with E-state index >= 15 is 0 Å².